The first kappa shape index (κ1) is 26.8. The number of hydrogen-bond acceptors (Lipinski definition) is 5. The summed E-state index contributed by atoms with van der Waals surface area (Å²) < 4.78 is 5.64. The summed E-state index contributed by atoms with van der Waals surface area (Å²) in [7, 11) is 0. The molecule has 3 aliphatic rings. The fourth-order valence-electron chi connectivity index (χ4n) is 6.08. The third kappa shape index (κ3) is 5.98. The van der Waals surface area contributed by atoms with E-state index in [1.54, 1.807) is 23.1 Å². The van der Waals surface area contributed by atoms with Crippen molar-refractivity contribution >= 4 is 40.8 Å². The Morgan fingerprint density at radius 2 is 2.06 bits per heavy atom. The van der Waals surface area contributed by atoms with Crippen LogP contribution in [0.3, 0.4) is 0 Å². The van der Waals surface area contributed by atoms with Crippen molar-refractivity contribution in [3.63, 3.8) is 0 Å². The second-order valence-electron chi connectivity index (χ2n) is 11.2. The maximum atomic E-state index is 13.4. The Morgan fingerprint density at radius 1 is 1.28 bits per heavy atom. The van der Waals surface area contributed by atoms with Gasteiger partial charge in [-0.15, -0.1) is 0 Å². The predicted octanol–water partition coefficient (Wildman–Crippen LogP) is 4.79. The number of ketones is 1. The Labute approximate surface area is 222 Å². The molecule has 194 valence electrons. The lowest BCUT2D eigenvalue weighted by molar-refractivity contribution is -0.141. The van der Waals surface area contributed by atoms with Crippen LogP contribution in [0.1, 0.15) is 58.8 Å². The van der Waals surface area contributed by atoms with Gasteiger partial charge in [0.1, 0.15) is 23.6 Å². The van der Waals surface area contributed by atoms with Crippen molar-refractivity contribution in [1.82, 2.24) is 10.2 Å². The van der Waals surface area contributed by atoms with Gasteiger partial charge in [-0.1, -0.05) is 43.5 Å². The number of likely N-dealkylation sites (tertiary alicyclic amines) is 1. The highest BCUT2D eigenvalue weighted by Crippen LogP contribution is 2.43. The highest BCUT2D eigenvalue weighted by atomic mass is 35.5. The van der Waals surface area contributed by atoms with E-state index in [0.717, 1.165) is 32.1 Å². The standard InChI is InChI=1S/C27H33Cl2N3O4/c1-27(2)9-8-16(22(33)12-27)10-19(13-30)31-26(35)25-20-5-3-4-17(20)14-32(25)24(34)15-36-23-7-6-18(28)11-21(23)29/h6-7,11,16-17,19-20,25H,3-5,8-10,12,14-15H2,1-2H3,(H,31,35)/t16-,17-,19-,20-,25-/m0/s1. The summed E-state index contributed by atoms with van der Waals surface area (Å²) in [5, 5.41) is 13.4. The number of rotatable bonds is 7. The van der Waals surface area contributed by atoms with Gasteiger partial charge < -0.3 is 15.0 Å². The van der Waals surface area contributed by atoms with Crippen LogP contribution in [0.15, 0.2) is 18.2 Å². The zero-order chi connectivity index (χ0) is 26.0. The van der Waals surface area contributed by atoms with Gasteiger partial charge in [0.2, 0.25) is 5.91 Å². The van der Waals surface area contributed by atoms with E-state index in [9.17, 15) is 19.6 Å². The largest absolute Gasteiger partial charge is 0.482 e. The molecule has 0 spiro atoms. The molecule has 1 aliphatic heterocycles. The van der Waals surface area contributed by atoms with Crippen LogP contribution in [-0.4, -0.2) is 47.7 Å². The van der Waals surface area contributed by atoms with Crippen LogP contribution in [-0.2, 0) is 14.4 Å². The van der Waals surface area contributed by atoms with Crippen LogP contribution in [0.25, 0.3) is 0 Å². The lowest BCUT2D eigenvalue weighted by Gasteiger charge is -2.34. The second-order valence-corrected chi connectivity index (χ2v) is 12.0. The number of hydrogen-bond donors (Lipinski definition) is 1. The number of ether oxygens (including phenoxy) is 1. The molecule has 2 aliphatic carbocycles. The van der Waals surface area contributed by atoms with Gasteiger partial charge in [-0.2, -0.15) is 5.26 Å². The summed E-state index contributed by atoms with van der Waals surface area (Å²) in [6.45, 7) is 4.41. The van der Waals surface area contributed by atoms with Gasteiger partial charge in [-0.05, 0) is 67.6 Å². The predicted molar refractivity (Wildman–Crippen MR) is 137 cm³/mol. The molecule has 1 aromatic rings. The maximum absolute atomic E-state index is 13.4. The number of carbonyl (C=O) groups excluding carboxylic acids is 3. The number of carbonyl (C=O) groups is 3. The molecule has 7 nitrogen and oxygen atoms in total. The van der Waals surface area contributed by atoms with Gasteiger partial charge in [0, 0.05) is 23.9 Å². The van der Waals surface area contributed by atoms with Crippen molar-refractivity contribution in [2.75, 3.05) is 13.2 Å². The number of nitrogens with zero attached hydrogens (tertiary/aromatic N) is 2. The van der Waals surface area contributed by atoms with Crippen LogP contribution >= 0.6 is 23.2 Å². The van der Waals surface area contributed by atoms with Gasteiger partial charge in [0.05, 0.1) is 11.1 Å². The quantitative estimate of drug-likeness (QED) is 0.542. The van der Waals surface area contributed by atoms with E-state index < -0.39 is 12.1 Å². The number of fused-ring (bicyclic) bond motifs is 1. The SMILES string of the molecule is CC1(C)CC[C@@H](C[C@@H](C#N)NC(=O)[C@@H]2[C@H]3CCC[C@H]3CN2C(=O)COc2ccc(Cl)cc2Cl)C(=O)C1. The smallest absolute Gasteiger partial charge is 0.261 e. The molecule has 5 atom stereocenters. The molecule has 2 amide bonds. The van der Waals surface area contributed by atoms with E-state index >= 15 is 0 Å². The normalized spacial score (nSPS) is 27.8. The molecule has 36 heavy (non-hydrogen) atoms. The molecule has 1 aromatic carbocycles. The average molecular weight is 534 g/mol. The Morgan fingerprint density at radius 3 is 2.75 bits per heavy atom. The highest BCUT2D eigenvalue weighted by Gasteiger charge is 2.49. The van der Waals surface area contributed by atoms with Crippen LogP contribution in [0, 0.1) is 34.5 Å². The van der Waals surface area contributed by atoms with Crippen molar-refractivity contribution in [3.05, 3.63) is 28.2 Å². The molecule has 0 aromatic heterocycles. The number of nitrogens with one attached hydrogen (secondary N) is 1. The minimum Gasteiger partial charge on any atom is -0.482 e. The molecule has 2 saturated carbocycles. The van der Waals surface area contributed by atoms with Gasteiger partial charge in [-0.25, -0.2) is 0 Å². The van der Waals surface area contributed by atoms with E-state index in [4.69, 9.17) is 27.9 Å². The lowest BCUT2D eigenvalue weighted by Crippen LogP contribution is -2.52. The van der Waals surface area contributed by atoms with E-state index in [0.29, 0.717) is 35.2 Å². The topological polar surface area (TPSA) is 99.5 Å². The third-order valence-electron chi connectivity index (χ3n) is 7.99. The van der Waals surface area contributed by atoms with Gasteiger partial charge in [0.25, 0.3) is 5.91 Å². The molecule has 0 bridgehead atoms. The molecule has 4 rings (SSSR count). The number of nitriles is 1. The summed E-state index contributed by atoms with van der Waals surface area (Å²) in [5.41, 5.74) is -0.0144. The molecule has 1 N–H and O–H groups in total. The number of benzene rings is 1. The van der Waals surface area contributed by atoms with Crippen LogP contribution in [0.5, 0.6) is 5.75 Å². The Kier molecular flexibility index (Phi) is 8.16. The molecule has 0 unspecified atom stereocenters. The summed E-state index contributed by atoms with van der Waals surface area (Å²) in [6.07, 6.45) is 5.30. The van der Waals surface area contributed by atoms with Gasteiger partial charge in [-0.3, -0.25) is 14.4 Å². The van der Waals surface area contributed by atoms with Crippen molar-refractivity contribution in [2.24, 2.45) is 23.2 Å². The molecular formula is C27H33Cl2N3O4. The van der Waals surface area contributed by atoms with Crippen LogP contribution < -0.4 is 10.1 Å². The Bertz CT molecular complexity index is 1070. The molecule has 1 saturated heterocycles. The fourth-order valence-corrected chi connectivity index (χ4v) is 6.54. The van der Waals surface area contributed by atoms with Gasteiger partial charge >= 0.3 is 0 Å². The average Bonchev–Trinajstić information content (AvgIpc) is 3.40. The van der Waals surface area contributed by atoms with Crippen molar-refractivity contribution < 1.29 is 19.1 Å². The highest BCUT2D eigenvalue weighted by molar-refractivity contribution is 6.35. The van der Waals surface area contributed by atoms with Crippen molar-refractivity contribution in [1.29, 1.82) is 5.26 Å². The molecular weight excluding hydrogens is 501 g/mol. The molecule has 9 heteroatoms. The summed E-state index contributed by atoms with van der Waals surface area (Å²) in [5.74, 6) is -0.0183. The lowest BCUT2D eigenvalue weighted by atomic mass is 9.71. The van der Waals surface area contributed by atoms with Crippen molar-refractivity contribution in [3.8, 4) is 11.8 Å². The first-order valence-electron chi connectivity index (χ1n) is 12.7. The number of Topliss-reactive ketones (excluding diaryl/α,β-unsaturated/α-hetero) is 1. The van der Waals surface area contributed by atoms with E-state index in [2.05, 4.69) is 25.2 Å². The maximum Gasteiger partial charge on any atom is 0.261 e. The number of amides is 2. The fraction of sp³-hybridized carbons (Fsp3) is 0.630. The Hall–Kier alpha value is -2.30. The number of halogens is 2. The summed E-state index contributed by atoms with van der Waals surface area (Å²) >= 11 is 12.1. The van der Waals surface area contributed by atoms with Crippen LogP contribution in [0.4, 0.5) is 0 Å². The monoisotopic (exact) mass is 533 g/mol. The summed E-state index contributed by atoms with van der Waals surface area (Å²) in [6, 6.07) is 5.53. The molecule has 3 fully saturated rings. The minimum atomic E-state index is -0.769. The van der Waals surface area contributed by atoms with E-state index in [-0.39, 0.29) is 47.4 Å². The van der Waals surface area contributed by atoms with Crippen molar-refractivity contribution in [2.45, 2.75) is 70.9 Å². The third-order valence-corrected chi connectivity index (χ3v) is 8.53. The second kappa shape index (κ2) is 11.0. The van der Waals surface area contributed by atoms with E-state index in [1.165, 1.54) is 0 Å². The van der Waals surface area contributed by atoms with Crippen LogP contribution in [0.2, 0.25) is 10.0 Å². The minimum absolute atomic E-state index is 0.0144. The first-order valence-corrected chi connectivity index (χ1v) is 13.4. The van der Waals surface area contributed by atoms with Gasteiger partial charge in [0.15, 0.2) is 6.61 Å². The first-order chi connectivity index (χ1) is 17.1. The zero-order valence-electron chi connectivity index (χ0n) is 20.8. The molecule has 1 heterocycles. The molecule has 0 radical (unpaired) electrons. The summed E-state index contributed by atoms with van der Waals surface area (Å²) in [4.78, 5) is 40.8. The van der Waals surface area contributed by atoms with E-state index in [1.807, 2.05) is 0 Å². The zero-order valence-corrected chi connectivity index (χ0v) is 22.3. The Balaban J connectivity index is 1.41.